The van der Waals surface area contributed by atoms with Crippen LogP contribution in [0.2, 0.25) is 0 Å². The molecule has 0 spiro atoms. The highest BCUT2D eigenvalue weighted by Gasteiger charge is 2.32. The average molecular weight is 1020 g/mol. The number of benzene rings is 8. The lowest BCUT2D eigenvalue weighted by Gasteiger charge is -2.35. The number of rotatable bonds is 17. The van der Waals surface area contributed by atoms with Crippen LogP contribution in [0.15, 0.2) is 214 Å². The third kappa shape index (κ3) is 13.1. The molecule has 1 heterocycles. The molecule has 8 aromatic carbocycles. The van der Waals surface area contributed by atoms with E-state index in [9.17, 15) is 9.90 Å². The minimum absolute atomic E-state index is 0.0574. The zero-order chi connectivity index (χ0) is 51.9. The zero-order valence-corrected chi connectivity index (χ0v) is 45.1. The van der Waals surface area contributed by atoms with E-state index in [1.165, 1.54) is 22.3 Å². The highest BCUT2D eigenvalue weighted by atomic mass is 32.2. The Kier molecular flexibility index (Phi) is 15.9. The van der Waals surface area contributed by atoms with E-state index in [1.54, 1.807) is 35.7 Å². The second-order valence-corrected chi connectivity index (χ2v) is 23.3. The van der Waals surface area contributed by atoms with E-state index in [1.807, 2.05) is 102 Å². The predicted octanol–water partition coefficient (Wildman–Crippen LogP) is 16.6. The number of hydrogen-bond donors (Lipinski definition) is 1. The minimum atomic E-state index is -0.356. The van der Waals surface area contributed by atoms with E-state index in [0.717, 1.165) is 85.8 Å². The van der Waals surface area contributed by atoms with Gasteiger partial charge in [0.1, 0.15) is 40.2 Å². The maximum Gasteiger partial charge on any atom is 0.222 e. The van der Waals surface area contributed by atoms with Gasteiger partial charge in [0.05, 0.1) is 0 Å². The van der Waals surface area contributed by atoms with Crippen molar-refractivity contribution in [2.45, 2.75) is 90.2 Å². The van der Waals surface area contributed by atoms with Gasteiger partial charge >= 0.3 is 0 Å². The Labute approximate surface area is 446 Å². The van der Waals surface area contributed by atoms with Gasteiger partial charge in [-0.3, -0.25) is 4.79 Å². The Morgan fingerprint density at radius 2 is 0.730 bits per heavy atom. The fourth-order valence-electron chi connectivity index (χ4n) is 9.22. The SMILES string of the molecule is CN1CCN(C(=O)CCC(C)(c2ccc(Oc3ccc(Sc4ccc(Oc5ccc(C(C)(C)c6ccc(Oc7ccc(Sc8ccc(O)cc8)cc7)cc6)cc5)cc4)cc3)cc2)c2ccc(C(C)(C)C)cc2)CC1. The second-order valence-electron chi connectivity index (χ2n) is 21.0. The summed E-state index contributed by atoms with van der Waals surface area (Å²) < 4.78 is 18.8. The van der Waals surface area contributed by atoms with Crippen LogP contribution in [0.3, 0.4) is 0 Å². The fraction of sp³-hybridized carbons (Fsp3) is 0.246. The van der Waals surface area contributed by atoms with Crippen LogP contribution in [-0.4, -0.2) is 54.0 Å². The summed E-state index contributed by atoms with van der Waals surface area (Å²) in [6.07, 6.45) is 1.21. The summed E-state index contributed by atoms with van der Waals surface area (Å²) in [4.78, 5) is 22.1. The molecule has 7 nitrogen and oxygen atoms in total. The third-order valence-corrected chi connectivity index (χ3v) is 16.2. The van der Waals surface area contributed by atoms with Gasteiger partial charge in [-0.2, -0.15) is 0 Å². The van der Waals surface area contributed by atoms with E-state index >= 15 is 0 Å². The number of phenols is 1. The first-order valence-electron chi connectivity index (χ1n) is 25.4. The van der Waals surface area contributed by atoms with E-state index in [0.29, 0.717) is 12.8 Å². The Morgan fingerprint density at radius 1 is 0.432 bits per heavy atom. The van der Waals surface area contributed by atoms with Crippen LogP contribution >= 0.6 is 23.5 Å². The van der Waals surface area contributed by atoms with E-state index in [-0.39, 0.29) is 27.9 Å². The number of carbonyl (C=O) groups excluding carboxylic acids is 1. The van der Waals surface area contributed by atoms with Gasteiger partial charge in [0.15, 0.2) is 0 Å². The Hall–Kier alpha value is -6.91. The summed E-state index contributed by atoms with van der Waals surface area (Å²) in [6, 6.07) is 65.6. The van der Waals surface area contributed by atoms with Crippen molar-refractivity contribution in [2.24, 2.45) is 0 Å². The van der Waals surface area contributed by atoms with Gasteiger partial charge in [-0.25, -0.2) is 0 Å². The Bertz CT molecular complexity index is 3090. The standard InChI is InChI=1S/C65H66N2O5S2/c1-63(2,3)46-8-10-49(11-9-46)65(6,41-40-62(69)67-44-42-66(7)43-45-67)50-16-24-54(25-17-50)72-57-30-38-61(39-31-57)74-60-36-28-56(29-37-60)71-53-22-14-48(15-23-53)64(4,5)47-12-20-52(21-13-47)70-55-26-34-59(35-27-55)73-58-32-18-51(68)19-33-58/h8-39,68H,40-45H2,1-7H3. The number of aromatic hydroxyl groups is 1. The van der Waals surface area contributed by atoms with Gasteiger partial charge in [0.25, 0.3) is 0 Å². The van der Waals surface area contributed by atoms with Gasteiger partial charge in [-0.15, -0.1) is 0 Å². The molecule has 1 saturated heterocycles. The molecule has 1 unspecified atom stereocenters. The summed E-state index contributed by atoms with van der Waals surface area (Å²) in [5.41, 5.74) is 5.49. The molecule has 0 saturated carbocycles. The summed E-state index contributed by atoms with van der Waals surface area (Å²) >= 11 is 3.32. The molecule has 9 heteroatoms. The number of amides is 1. The molecule has 9 rings (SSSR count). The minimum Gasteiger partial charge on any atom is -0.508 e. The van der Waals surface area contributed by atoms with Crippen LogP contribution in [0, 0.1) is 0 Å². The molecule has 1 fully saturated rings. The van der Waals surface area contributed by atoms with E-state index < -0.39 is 0 Å². The summed E-state index contributed by atoms with van der Waals surface area (Å²) in [5.74, 6) is 5.13. The Morgan fingerprint density at radius 3 is 1.08 bits per heavy atom. The lowest BCUT2D eigenvalue weighted by atomic mass is 9.72. The van der Waals surface area contributed by atoms with Crippen molar-refractivity contribution in [1.82, 2.24) is 9.80 Å². The normalized spacial score (nSPS) is 14.0. The largest absolute Gasteiger partial charge is 0.508 e. The molecule has 8 aromatic rings. The van der Waals surface area contributed by atoms with Crippen LogP contribution in [-0.2, 0) is 21.0 Å². The van der Waals surface area contributed by atoms with Crippen molar-refractivity contribution in [1.29, 1.82) is 0 Å². The van der Waals surface area contributed by atoms with Crippen molar-refractivity contribution in [3.05, 3.63) is 222 Å². The molecule has 378 valence electrons. The molecule has 0 bridgehead atoms. The first-order valence-corrected chi connectivity index (χ1v) is 27.1. The molecule has 1 amide bonds. The first kappa shape index (κ1) is 52.0. The molecule has 0 radical (unpaired) electrons. The van der Waals surface area contributed by atoms with Crippen LogP contribution < -0.4 is 14.2 Å². The highest BCUT2D eigenvalue weighted by Crippen LogP contribution is 2.41. The summed E-state index contributed by atoms with van der Waals surface area (Å²) in [6.45, 7) is 16.9. The molecule has 0 aliphatic carbocycles. The quantitative estimate of drug-likeness (QED) is 0.0967. The molecule has 1 N–H and O–H groups in total. The molecule has 74 heavy (non-hydrogen) atoms. The lowest BCUT2D eigenvalue weighted by Crippen LogP contribution is -2.47. The van der Waals surface area contributed by atoms with Crippen molar-refractivity contribution >= 4 is 29.4 Å². The maximum absolute atomic E-state index is 13.5. The molecule has 0 aromatic heterocycles. The van der Waals surface area contributed by atoms with Crippen molar-refractivity contribution in [2.75, 3.05) is 33.2 Å². The highest BCUT2D eigenvalue weighted by molar-refractivity contribution is 7.99. The van der Waals surface area contributed by atoms with Crippen molar-refractivity contribution < 1.29 is 24.1 Å². The van der Waals surface area contributed by atoms with Crippen LogP contribution in [0.4, 0.5) is 0 Å². The number of piperazine rings is 1. The number of hydrogen-bond acceptors (Lipinski definition) is 8. The third-order valence-electron chi connectivity index (χ3n) is 14.2. The second kappa shape index (κ2) is 22.7. The number of carbonyl (C=O) groups is 1. The molecule has 1 atom stereocenters. The summed E-state index contributed by atoms with van der Waals surface area (Å²) in [5, 5.41) is 9.56. The molecule has 1 aliphatic rings. The van der Waals surface area contributed by atoms with Crippen LogP contribution in [0.5, 0.6) is 40.2 Å². The van der Waals surface area contributed by atoms with Gasteiger partial charge in [0.2, 0.25) is 5.91 Å². The number of likely N-dealkylation sites (N-methyl/N-ethyl adjacent to an activating group) is 1. The first-order chi connectivity index (χ1) is 35.5. The average Bonchev–Trinajstić information content (AvgIpc) is 3.41. The van der Waals surface area contributed by atoms with E-state index in [4.69, 9.17) is 14.2 Å². The van der Waals surface area contributed by atoms with Gasteiger partial charge in [-0.05, 0) is 180 Å². The van der Waals surface area contributed by atoms with Gasteiger partial charge < -0.3 is 29.1 Å². The Balaban J connectivity index is 0.764. The fourth-order valence-corrected chi connectivity index (χ4v) is 10.9. The van der Waals surface area contributed by atoms with Crippen LogP contribution in [0.1, 0.15) is 82.2 Å². The zero-order valence-electron chi connectivity index (χ0n) is 43.5. The maximum atomic E-state index is 13.5. The van der Waals surface area contributed by atoms with Crippen molar-refractivity contribution in [3.63, 3.8) is 0 Å². The van der Waals surface area contributed by atoms with Crippen LogP contribution in [0.25, 0.3) is 0 Å². The molecular formula is C65H66N2O5S2. The number of ether oxygens (including phenoxy) is 3. The van der Waals surface area contributed by atoms with Gasteiger partial charge in [0, 0.05) is 63.0 Å². The monoisotopic (exact) mass is 1020 g/mol. The topological polar surface area (TPSA) is 71.5 Å². The number of phenolic OH excluding ortho intramolecular Hbond substituents is 1. The lowest BCUT2D eigenvalue weighted by molar-refractivity contribution is -0.133. The van der Waals surface area contributed by atoms with Gasteiger partial charge in [-0.1, -0.05) is 126 Å². The molecule has 1 aliphatic heterocycles. The van der Waals surface area contributed by atoms with Crippen molar-refractivity contribution in [3.8, 4) is 40.2 Å². The molecular weight excluding hydrogens is 953 g/mol. The van der Waals surface area contributed by atoms with E-state index in [2.05, 4.69) is 138 Å². The smallest absolute Gasteiger partial charge is 0.222 e. The number of nitrogens with zero attached hydrogens (tertiary/aromatic N) is 2. The predicted molar refractivity (Wildman–Crippen MR) is 302 cm³/mol. The summed E-state index contributed by atoms with van der Waals surface area (Å²) in [7, 11) is 2.12.